The smallest absolute Gasteiger partial charge is 0.326 e. The first-order valence-electron chi connectivity index (χ1n) is 7.44. The van der Waals surface area contributed by atoms with E-state index in [1.165, 1.54) is 9.80 Å². The van der Waals surface area contributed by atoms with E-state index in [2.05, 4.69) is 0 Å². The van der Waals surface area contributed by atoms with Crippen LogP contribution in [0.2, 0.25) is 0 Å². The molecule has 0 aliphatic carbocycles. The van der Waals surface area contributed by atoms with E-state index in [0.717, 1.165) is 19.3 Å². The van der Waals surface area contributed by atoms with Crippen molar-refractivity contribution >= 4 is 17.9 Å². The molecule has 0 radical (unpaired) electrons. The third-order valence-electron chi connectivity index (χ3n) is 4.38. The molecule has 0 spiro atoms. The van der Waals surface area contributed by atoms with E-state index in [0.29, 0.717) is 19.6 Å². The van der Waals surface area contributed by atoms with Crippen molar-refractivity contribution in [2.45, 2.75) is 32.2 Å². The van der Waals surface area contributed by atoms with Crippen molar-refractivity contribution in [3.8, 4) is 0 Å². The molecule has 2 atom stereocenters. The Morgan fingerprint density at radius 2 is 1.90 bits per heavy atom. The highest BCUT2D eigenvalue weighted by molar-refractivity contribution is 5.87. The molecule has 7 heteroatoms. The van der Waals surface area contributed by atoms with Crippen LogP contribution in [-0.2, 0) is 9.59 Å². The molecule has 0 aromatic carbocycles. The van der Waals surface area contributed by atoms with Crippen molar-refractivity contribution in [2.24, 2.45) is 5.92 Å². The van der Waals surface area contributed by atoms with E-state index in [1.54, 1.807) is 11.9 Å². The lowest BCUT2D eigenvalue weighted by molar-refractivity contribution is -0.145. The van der Waals surface area contributed by atoms with Gasteiger partial charge in [-0.25, -0.2) is 9.59 Å². The van der Waals surface area contributed by atoms with Gasteiger partial charge in [-0.15, -0.1) is 0 Å². The zero-order valence-electron chi connectivity index (χ0n) is 12.6. The fourth-order valence-corrected chi connectivity index (χ4v) is 3.11. The van der Waals surface area contributed by atoms with Gasteiger partial charge >= 0.3 is 12.0 Å². The van der Waals surface area contributed by atoms with Gasteiger partial charge < -0.3 is 19.8 Å². The highest BCUT2D eigenvalue weighted by Crippen LogP contribution is 2.25. The Morgan fingerprint density at radius 3 is 2.57 bits per heavy atom. The van der Waals surface area contributed by atoms with Crippen molar-refractivity contribution in [1.82, 2.24) is 14.7 Å². The van der Waals surface area contributed by atoms with Crippen LogP contribution < -0.4 is 0 Å². The van der Waals surface area contributed by atoms with Gasteiger partial charge in [0.15, 0.2) is 0 Å². The van der Waals surface area contributed by atoms with Crippen molar-refractivity contribution in [2.75, 3.05) is 33.2 Å². The van der Waals surface area contributed by atoms with E-state index in [9.17, 15) is 19.5 Å². The quantitative estimate of drug-likeness (QED) is 0.762. The normalized spacial score (nSPS) is 27.5. The average Bonchev–Trinajstić information content (AvgIpc) is 2.59. The summed E-state index contributed by atoms with van der Waals surface area (Å²) < 4.78 is 0. The maximum Gasteiger partial charge on any atom is 0.326 e. The predicted octanol–water partition coefficient (Wildman–Crippen LogP) is 0.456. The zero-order valence-corrected chi connectivity index (χ0v) is 12.6. The topological polar surface area (TPSA) is 81.2 Å². The number of likely N-dealkylation sites (tertiary alicyclic amines) is 1. The second-order valence-corrected chi connectivity index (χ2v) is 5.97. The first-order chi connectivity index (χ1) is 9.91. The second kappa shape index (κ2) is 6.32. The molecule has 2 heterocycles. The Morgan fingerprint density at radius 1 is 1.19 bits per heavy atom. The summed E-state index contributed by atoms with van der Waals surface area (Å²) in [6, 6.07) is -1.11. The summed E-state index contributed by atoms with van der Waals surface area (Å²) >= 11 is 0. The molecule has 1 N–H and O–H groups in total. The van der Waals surface area contributed by atoms with Crippen molar-refractivity contribution in [3.63, 3.8) is 0 Å². The Kier molecular flexibility index (Phi) is 4.69. The minimum atomic E-state index is -0.964. The SMILES string of the molecule is CC1CCCN(C(=O)N2CCCN(C)C(=O)C2)C1C(=O)O. The van der Waals surface area contributed by atoms with Crippen LogP contribution in [0.3, 0.4) is 0 Å². The molecule has 2 saturated heterocycles. The Hall–Kier alpha value is -1.79. The number of carboxylic acids is 1. The van der Waals surface area contributed by atoms with Crippen LogP contribution in [0.1, 0.15) is 26.2 Å². The predicted molar refractivity (Wildman–Crippen MR) is 75.8 cm³/mol. The van der Waals surface area contributed by atoms with E-state index in [4.69, 9.17) is 0 Å². The molecule has 118 valence electrons. The number of amides is 3. The van der Waals surface area contributed by atoms with E-state index in [-0.39, 0.29) is 24.4 Å². The number of carboxylic acid groups (broad SMARTS) is 1. The Bertz CT molecular complexity index is 440. The largest absolute Gasteiger partial charge is 0.480 e. The molecule has 2 aliphatic rings. The van der Waals surface area contributed by atoms with Crippen LogP contribution >= 0.6 is 0 Å². The Labute approximate surface area is 124 Å². The monoisotopic (exact) mass is 297 g/mol. The number of carbonyl (C=O) groups excluding carboxylic acids is 2. The third kappa shape index (κ3) is 3.28. The lowest BCUT2D eigenvalue weighted by atomic mass is 9.91. The lowest BCUT2D eigenvalue weighted by Gasteiger charge is -2.39. The van der Waals surface area contributed by atoms with Gasteiger partial charge in [-0.2, -0.15) is 0 Å². The summed E-state index contributed by atoms with van der Waals surface area (Å²) in [6.07, 6.45) is 2.33. The number of aliphatic carboxylic acids is 1. The minimum absolute atomic E-state index is 0.0343. The molecule has 21 heavy (non-hydrogen) atoms. The maximum absolute atomic E-state index is 12.6. The lowest BCUT2D eigenvalue weighted by Crippen LogP contribution is -2.56. The molecule has 3 amide bonds. The van der Waals surface area contributed by atoms with E-state index in [1.807, 2.05) is 6.92 Å². The van der Waals surface area contributed by atoms with Gasteiger partial charge in [0.1, 0.15) is 12.6 Å². The highest BCUT2D eigenvalue weighted by Gasteiger charge is 2.39. The summed E-state index contributed by atoms with van der Waals surface area (Å²) in [4.78, 5) is 40.5. The van der Waals surface area contributed by atoms with Gasteiger partial charge in [-0.1, -0.05) is 6.92 Å². The van der Waals surface area contributed by atoms with Crippen LogP contribution in [0.4, 0.5) is 4.79 Å². The zero-order chi connectivity index (χ0) is 15.6. The van der Waals surface area contributed by atoms with Gasteiger partial charge in [0, 0.05) is 26.7 Å². The number of nitrogens with zero attached hydrogens (tertiary/aromatic N) is 3. The van der Waals surface area contributed by atoms with Crippen LogP contribution in [0.15, 0.2) is 0 Å². The van der Waals surface area contributed by atoms with Crippen molar-refractivity contribution in [3.05, 3.63) is 0 Å². The molecule has 2 aliphatic heterocycles. The summed E-state index contributed by atoms with van der Waals surface area (Å²) in [5, 5.41) is 9.39. The van der Waals surface area contributed by atoms with Crippen LogP contribution in [0, 0.1) is 5.92 Å². The summed E-state index contributed by atoms with van der Waals surface area (Å²) in [7, 11) is 1.72. The molecule has 7 nitrogen and oxygen atoms in total. The van der Waals surface area contributed by atoms with Crippen LogP contribution in [-0.4, -0.2) is 77.0 Å². The Balaban J connectivity index is 2.13. The fourth-order valence-electron chi connectivity index (χ4n) is 3.11. The van der Waals surface area contributed by atoms with Crippen LogP contribution in [0.5, 0.6) is 0 Å². The molecular weight excluding hydrogens is 274 g/mol. The summed E-state index contributed by atoms with van der Waals surface area (Å²) in [6.45, 7) is 3.46. The van der Waals surface area contributed by atoms with Crippen molar-refractivity contribution in [1.29, 1.82) is 0 Å². The molecule has 0 bridgehead atoms. The molecule has 0 aromatic heterocycles. The molecular formula is C14H23N3O4. The standard InChI is InChI=1S/C14H23N3O4/c1-10-5-3-8-17(12(10)13(19)20)14(21)16-7-4-6-15(2)11(18)9-16/h10,12H,3-9H2,1-2H3,(H,19,20). The number of hydrogen-bond acceptors (Lipinski definition) is 3. The van der Waals surface area contributed by atoms with Gasteiger partial charge in [-0.3, -0.25) is 4.79 Å². The molecule has 2 rings (SSSR count). The summed E-state index contributed by atoms with van der Waals surface area (Å²) in [5.41, 5.74) is 0. The molecule has 2 fully saturated rings. The summed E-state index contributed by atoms with van der Waals surface area (Å²) in [5.74, 6) is -1.13. The maximum atomic E-state index is 12.6. The van der Waals surface area contributed by atoms with Gasteiger partial charge in [0.2, 0.25) is 5.91 Å². The van der Waals surface area contributed by atoms with Gasteiger partial charge in [-0.05, 0) is 25.2 Å². The third-order valence-corrected chi connectivity index (χ3v) is 4.38. The van der Waals surface area contributed by atoms with E-state index >= 15 is 0 Å². The first-order valence-corrected chi connectivity index (χ1v) is 7.44. The minimum Gasteiger partial charge on any atom is -0.480 e. The molecule has 2 unspecified atom stereocenters. The van der Waals surface area contributed by atoms with Gasteiger partial charge in [0.25, 0.3) is 0 Å². The second-order valence-electron chi connectivity index (χ2n) is 5.97. The van der Waals surface area contributed by atoms with Crippen LogP contribution in [0.25, 0.3) is 0 Å². The molecule has 0 aromatic rings. The first kappa shape index (κ1) is 15.6. The van der Waals surface area contributed by atoms with Gasteiger partial charge in [0.05, 0.1) is 0 Å². The number of rotatable bonds is 1. The number of piperidine rings is 1. The average molecular weight is 297 g/mol. The molecule has 0 saturated carbocycles. The van der Waals surface area contributed by atoms with Crippen molar-refractivity contribution < 1.29 is 19.5 Å². The number of hydrogen-bond donors (Lipinski definition) is 1. The number of carbonyl (C=O) groups is 3. The highest BCUT2D eigenvalue weighted by atomic mass is 16.4. The fraction of sp³-hybridized carbons (Fsp3) is 0.786. The number of likely N-dealkylation sites (N-methyl/N-ethyl adjacent to an activating group) is 1. The number of urea groups is 1. The van der Waals surface area contributed by atoms with E-state index < -0.39 is 12.0 Å².